The number of rotatable bonds is 7. The van der Waals surface area contributed by atoms with Crippen molar-refractivity contribution in [2.24, 2.45) is 0 Å². The van der Waals surface area contributed by atoms with Crippen molar-refractivity contribution in [1.82, 2.24) is 14.9 Å². The summed E-state index contributed by atoms with van der Waals surface area (Å²) in [5.41, 5.74) is -0.876. The molecule has 14 heteroatoms. The number of ether oxygens (including phenoxy) is 1. The van der Waals surface area contributed by atoms with Gasteiger partial charge in [0.05, 0.1) is 32.8 Å². The maximum Gasteiger partial charge on any atom is 0.438 e. The van der Waals surface area contributed by atoms with E-state index in [1.165, 1.54) is 61.7 Å². The molecule has 0 bridgehead atoms. The molecule has 5 rings (SSSR count). The third kappa shape index (κ3) is 5.31. The minimum Gasteiger partial charge on any atom is -0.495 e. The van der Waals surface area contributed by atoms with Crippen molar-refractivity contribution in [3.05, 3.63) is 93.7 Å². The molecule has 1 aliphatic heterocycles. The number of aromatic nitrogens is 2. The molecule has 1 aliphatic rings. The lowest BCUT2D eigenvalue weighted by atomic mass is 9.93. The van der Waals surface area contributed by atoms with Crippen molar-refractivity contribution in [3.63, 3.8) is 0 Å². The summed E-state index contributed by atoms with van der Waals surface area (Å²) in [5.74, 6) is -1.22. The zero-order valence-electron chi connectivity index (χ0n) is 22.5. The van der Waals surface area contributed by atoms with Crippen molar-refractivity contribution in [2.75, 3.05) is 12.4 Å². The Balaban J connectivity index is 1.50. The smallest absolute Gasteiger partial charge is 0.438 e. The van der Waals surface area contributed by atoms with Gasteiger partial charge in [0.25, 0.3) is 5.91 Å². The quantitative estimate of drug-likeness (QED) is 0.227. The molecular formula is C28H25F3N4O6S. The van der Waals surface area contributed by atoms with Crippen LogP contribution in [0.3, 0.4) is 0 Å². The van der Waals surface area contributed by atoms with Crippen LogP contribution >= 0.6 is 0 Å². The van der Waals surface area contributed by atoms with Crippen molar-refractivity contribution in [1.29, 1.82) is 0 Å². The molecule has 1 atom stereocenters. The SMILES string of the molecule is COc1cc(C(=O)Nc2ccc(-c3ccccc3C(F)(F)F)c(Cc3noc(=O)[nH]3)c2)ccc1S1(=O)=C(O)C(C)(C)N1. The van der Waals surface area contributed by atoms with Gasteiger partial charge in [0.15, 0.2) is 5.82 Å². The van der Waals surface area contributed by atoms with Gasteiger partial charge >= 0.3 is 11.9 Å². The van der Waals surface area contributed by atoms with E-state index in [4.69, 9.17) is 4.74 Å². The number of hydrogen-bond donors (Lipinski definition) is 4. The molecule has 0 aliphatic carbocycles. The van der Waals surface area contributed by atoms with Crippen LogP contribution in [-0.2, 0) is 22.3 Å². The highest BCUT2D eigenvalue weighted by Crippen LogP contribution is 2.39. The van der Waals surface area contributed by atoms with E-state index in [0.29, 0.717) is 5.56 Å². The van der Waals surface area contributed by atoms with Gasteiger partial charge in [0.2, 0.25) is 0 Å². The lowest BCUT2D eigenvalue weighted by Gasteiger charge is -2.39. The topological polar surface area (TPSA) is 147 Å². The number of aliphatic hydroxyl groups is 1. The van der Waals surface area contributed by atoms with Gasteiger partial charge in [-0.15, -0.1) is 0 Å². The average molecular weight is 603 g/mol. The fraction of sp³-hybridized carbons (Fsp3) is 0.214. The lowest BCUT2D eigenvalue weighted by Crippen LogP contribution is -2.63. The Morgan fingerprint density at radius 2 is 1.86 bits per heavy atom. The van der Waals surface area contributed by atoms with Gasteiger partial charge < -0.3 is 15.2 Å². The van der Waals surface area contributed by atoms with Crippen LogP contribution in [0.5, 0.6) is 5.75 Å². The van der Waals surface area contributed by atoms with Gasteiger partial charge in [-0.2, -0.15) is 13.2 Å². The Morgan fingerprint density at radius 3 is 2.48 bits per heavy atom. The van der Waals surface area contributed by atoms with E-state index in [9.17, 15) is 32.1 Å². The first kappa shape index (κ1) is 29.1. The van der Waals surface area contributed by atoms with Crippen molar-refractivity contribution < 1.29 is 36.5 Å². The molecule has 1 aromatic heterocycles. The summed E-state index contributed by atoms with van der Waals surface area (Å²) in [4.78, 5) is 27.2. The van der Waals surface area contributed by atoms with Crippen LogP contribution in [0.25, 0.3) is 11.1 Å². The molecule has 1 amide bonds. The molecule has 0 radical (unpaired) electrons. The van der Waals surface area contributed by atoms with Gasteiger partial charge in [-0.3, -0.25) is 14.3 Å². The molecule has 0 spiro atoms. The first-order valence-corrected chi connectivity index (χ1v) is 14.0. The molecule has 3 aromatic carbocycles. The van der Waals surface area contributed by atoms with Gasteiger partial charge in [-0.05, 0) is 66.9 Å². The number of amides is 1. The third-order valence-electron chi connectivity index (χ3n) is 6.67. The van der Waals surface area contributed by atoms with Crippen LogP contribution in [0.15, 0.2) is 74.9 Å². The molecule has 1 unspecified atom stereocenters. The number of carbonyl (C=O) groups is 1. The number of methoxy groups -OCH3 is 1. The average Bonchev–Trinajstić information content (AvgIpc) is 3.36. The first-order valence-electron chi connectivity index (χ1n) is 12.5. The molecule has 2 heterocycles. The Morgan fingerprint density at radius 1 is 1.12 bits per heavy atom. The molecular weight excluding hydrogens is 577 g/mol. The molecule has 4 aromatic rings. The van der Waals surface area contributed by atoms with Crippen molar-refractivity contribution >= 4 is 26.4 Å². The minimum absolute atomic E-state index is 0.0800. The predicted molar refractivity (Wildman–Crippen MR) is 149 cm³/mol. The van der Waals surface area contributed by atoms with Crippen LogP contribution in [-0.4, -0.2) is 43.1 Å². The number of aliphatic hydroxyl groups excluding tert-OH is 1. The van der Waals surface area contributed by atoms with Crippen molar-refractivity contribution in [2.45, 2.75) is 36.9 Å². The number of benzene rings is 3. The zero-order valence-corrected chi connectivity index (χ0v) is 23.3. The summed E-state index contributed by atoms with van der Waals surface area (Å²) in [7, 11) is -1.79. The largest absolute Gasteiger partial charge is 0.495 e. The summed E-state index contributed by atoms with van der Waals surface area (Å²) in [6.45, 7) is 3.34. The predicted octanol–water partition coefficient (Wildman–Crippen LogP) is 4.53. The summed E-state index contributed by atoms with van der Waals surface area (Å²) < 4.78 is 67.4. The van der Waals surface area contributed by atoms with Gasteiger partial charge in [-0.1, -0.05) is 29.4 Å². The monoisotopic (exact) mass is 602 g/mol. The van der Waals surface area contributed by atoms with Crippen LogP contribution < -0.4 is 20.5 Å². The first-order chi connectivity index (χ1) is 19.7. The number of nitrogens with one attached hydrogen (secondary N) is 3. The molecule has 0 saturated heterocycles. The number of aromatic amines is 1. The van der Waals surface area contributed by atoms with E-state index in [1.54, 1.807) is 13.8 Å². The number of hydrogen-bond acceptors (Lipinski definition) is 6. The second-order valence-corrected chi connectivity index (χ2v) is 12.2. The fourth-order valence-electron chi connectivity index (χ4n) is 4.74. The molecule has 0 fully saturated rings. The Kier molecular flexibility index (Phi) is 7.25. The van der Waals surface area contributed by atoms with E-state index in [2.05, 4.69) is 24.7 Å². The number of nitrogens with zero attached hydrogens (tertiary/aromatic N) is 1. The summed E-state index contributed by atoms with van der Waals surface area (Å²) in [6, 6.07) is 13.6. The van der Waals surface area contributed by atoms with Crippen LogP contribution in [0, 0.1) is 0 Å². The number of carbonyl (C=O) groups excluding carboxylic acids is 1. The van der Waals surface area contributed by atoms with Crippen LogP contribution in [0.1, 0.15) is 41.2 Å². The van der Waals surface area contributed by atoms with E-state index in [1.807, 2.05) is 0 Å². The summed E-state index contributed by atoms with van der Waals surface area (Å²) in [5, 5.41) is 16.5. The molecule has 42 heavy (non-hydrogen) atoms. The Hall–Kier alpha value is -4.40. The standard InChI is InChI=1S/C28H25F3N4O6S/c1-27(2)25(37)42(39,35-27)22-11-8-15(13-21(22)40-3)24(36)32-17-9-10-18(16(12-17)14-23-33-26(38)41-34-23)19-6-4-5-7-20(19)28(29,30)31/h4-13,37H,14H2,1-3H3,(H,32,36)(H,35,39)(H,33,34,38). The molecule has 4 N–H and O–H groups in total. The number of H-pyrrole nitrogens is 1. The van der Waals surface area contributed by atoms with E-state index < -0.39 is 38.6 Å². The van der Waals surface area contributed by atoms with E-state index in [0.717, 1.165) is 6.07 Å². The Labute approximate surface area is 237 Å². The third-order valence-corrected chi connectivity index (χ3v) is 9.48. The lowest BCUT2D eigenvalue weighted by molar-refractivity contribution is -0.137. The molecule has 220 valence electrons. The maximum atomic E-state index is 13.8. The van der Waals surface area contributed by atoms with E-state index >= 15 is 0 Å². The highest BCUT2D eigenvalue weighted by Gasteiger charge is 2.43. The van der Waals surface area contributed by atoms with Gasteiger partial charge in [0, 0.05) is 17.7 Å². The fourth-order valence-corrected chi connectivity index (χ4v) is 7.27. The molecule has 0 saturated carbocycles. The molecule has 10 nitrogen and oxygen atoms in total. The van der Waals surface area contributed by atoms with Crippen molar-refractivity contribution in [3.8, 4) is 16.9 Å². The maximum absolute atomic E-state index is 13.8. The van der Waals surface area contributed by atoms with Gasteiger partial charge in [-0.25, -0.2) is 13.7 Å². The highest BCUT2D eigenvalue weighted by atomic mass is 32.2. The number of alkyl halides is 3. The van der Waals surface area contributed by atoms with E-state index in [-0.39, 0.29) is 50.3 Å². The summed E-state index contributed by atoms with van der Waals surface area (Å²) in [6.07, 6.45) is -4.73. The highest BCUT2D eigenvalue weighted by molar-refractivity contribution is 8.02. The van der Waals surface area contributed by atoms with Crippen LogP contribution in [0.2, 0.25) is 0 Å². The van der Waals surface area contributed by atoms with Gasteiger partial charge in [0.1, 0.15) is 10.8 Å². The Bertz CT molecular complexity index is 1890. The minimum atomic E-state index is -4.63. The number of halogens is 3. The second kappa shape index (κ2) is 10.5. The second-order valence-electron chi connectivity index (χ2n) is 10.0. The van der Waals surface area contributed by atoms with Crippen LogP contribution in [0.4, 0.5) is 18.9 Å². The zero-order chi connectivity index (χ0) is 30.4. The summed E-state index contributed by atoms with van der Waals surface area (Å²) >= 11 is 0. The normalized spacial score (nSPS) is 17.9. The number of anilines is 1.